The Morgan fingerprint density at radius 2 is 1.88 bits per heavy atom. The van der Waals surface area contributed by atoms with Gasteiger partial charge in [-0.25, -0.2) is 0 Å². The molecule has 0 fully saturated rings. The molecule has 0 saturated heterocycles. The van der Waals surface area contributed by atoms with Crippen LogP contribution < -0.4 is 0 Å². The van der Waals surface area contributed by atoms with Gasteiger partial charge < -0.3 is 9.67 Å². The summed E-state index contributed by atoms with van der Waals surface area (Å²) in [5.41, 5.74) is 2.84. The number of halogens is 3. The number of fused-ring (bicyclic) bond motifs is 1. The lowest BCUT2D eigenvalue weighted by atomic mass is 10.1. The summed E-state index contributed by atoms with van der Waals surface area (Å²) in [6.07, 6.45) is 0.133. The molecule has 0 bridgehead atoms. The molecule has 0 atom stereocenters. The van der Waals surface area contributed by atoms with E-state index in [4.69, 9.17) is 0 Å². The third kappa shape index (κ3) is 3.73. The highest BCUT2D eigenvalue weighted by Crippen LogP contribution is 2.25. The lowest BCUT2D eigenvalue weighted by molar-refractivity contribution is -0.135. The molecule has 0 aliphatic carbocycles. The molecule has 0 aliphatic heterocycles. The van der Waals surface area contributed by atoms with Crippen molar-refractivity contribution in [2.24, 2.45) is 0 Å². The highest BCUT2D eigenvalue weighted by atomic mass is 19.4. The van der Waals surface area contributed by atoms with Crippen LogP contribution in [0.15, 0.2) is 42.9 Å². The van der Waals surface area contributed by atoms with Crippen LogP contribution in [0.3, 0.4) is 0 Å². The average Bonchev–Trinajstić information content (AvgIpc) is 2.96. The van der Waals surface area contributed by atoms with Gasteiger partial charge in [-0.1, -0.05) is 0 Å². The molecular weight excluding hydrogens is 319 g/mol. The van der Waals surface area contributed by atoms with Crippen LogP contribution in [0, 0.1) is 0 Å². The lowest BCUT2D eigenvalue weighted by Gasteiger charge is -2.08. The minimum atomic E-state index is -4.13. The van der Waals surface area contributed by atoms with Gasteiger partial charge in [0.1, 0.15) is 0 Å². The van der Waals surface area contributed by atoms with E-state index < -0.39 is 12.6 Å². The predicted octanol–water partition coefficient (Wildman–Crippen LogP) is 3.93. The van der Waals surface area contributed by atoms with Crippen LogP contribution in [0.4, 0.5) is 13.2 Å². The van der Waals surface area contributed by atoms with Crippen molar-refractivity contribution in [3.63, 3.8) is 0 Å². The maximum absolute atomic E-state index is 12.3. The number of alkyl halides is 3. The predicted molar refractivity (Wildman–Crippen MR) is 84.2 cm³/mol. The molecule has 126 valence electrons. The van der Waals surface area contributed by atoms with E-state index in [1.807, 2.05) is 12.1 Å². The number of aromatic nitrogens is 3. The number of rotatable bonds is 5. The van der Waals surface area contributed by atoms with Crippen molar-refractivity contribution in [3.8, 4) is 11.4 Å². The van der Waals surface area contributed by atoms with E-state index in [9.17, 15) is 18.3 Å². The summed E-state index contributed by atoms with van der Waals surface area (Å²) in [6.45, 7) is 0.218. The number of hydrogen-bond acceptors (Lipinski definition) is 3. The van der Waals surface area contributed by atoms with Crippen molar-refractivity contribution < 1.29 is 18.3 Å². The van der Waals surface area contributed by atoms with Crippen LogP contribution in [0.1, 0.15) is 18.4 Å². The van der Waals surface area contributed by atoms with Gasteiger partial charge in [0.25, 0.3) is 0 Å². The summed E-state index contributed by atoms with van der Waals surface area (Å²) in [5, 5.41) is 10.1. The van der Waals surface area contributed by atoms with Gasteiger partial charge in [-0.2, -0.15) is 13.2 Å². The molecule has 3 aromatic rings. The fraction of sp³-hybridized carbons (Fsp3) is 0.294. The molecule has 3 aromatic heterocycles. The fourth-order valence-corrected chi connectivity index (χ4v) is 2.59. The van der Waals surface area contributed by atoms with Crippen molar-refractivity contribution in [3.05, 3.63) is 48.4 Å². The number of nitrogens with zero attached hydrogens (tertiary/aromatic N) is 3. The fourth-order valence-electron chi connectivity index (χ4n) is 2.59. The second-order valence-corrected chi connectivity index (χ2v) is 5.56. The Hall–Kier alpha value is -2.41. The SMILES string of the molecule is OCc1ccnc(-c2cc3ccn(CCCC(F)(F)F)c3cn2)c1. The first-order chi connectivity index (χ1) is 11.5. The molecule has 1 N–H and O–H groups in total. The van der Waals surface area contributed by atoms with Crippen LogP contribution >= 0.6 is 0 Å². The van der Waals surface area contributed by atoms with Gasteiger partial charge in [0.15, 0.2) is 0 Å². The molecule has 7 heteroatoms. The molecule has 24 heavy (non-hydrogen) atoms. The number of aryl methyl sites for hydroxylation is 1. The first-order valence-corrected chi connectivity index (χ1v) is 7.54. The van der Waals surface area contributed by atoms with Gasteiger partial charge in [0, 0.05) is 30.7 Å². The Balaban J connectivity index is 1.82. The summed E-state index contributed by atoms with van der Waals surface area (Å²) in [7, 11) is 0. The van der Waals surface area contributed by atoms with Gasteiger partial charge in [-0.15, -0.1) is 0 Å². The van der Waals surface area contributed by atoms with E-state index in [-0.39, 0.29) is 13.0 Å². The zero-order valence-corrected chi connectivity index (χ0v) is 12.8. The van der Waals surface area contributed by atoms with Gasteiger partial charge >= 0.3 is 6.18 Å². The number of hydrogen-bond donors (Lipinski definition) is 1. The Labute approximate surface area is 136 Å². The summed E-state index contributed by atoms with van der Waals surface area (Å²) in [6, 6.07) is 7.18. The molecule has 4 nitrogen and oxygen atoms in total. The van der Waals surface area contributed by atoms with Crippen LogP contribution in [-0.2, 0) is 13.2 Å². The minimum Gasteiger partial charge on any atom is -0.392 e. The third-order valence-electron chi connectivity index (χ3n) is 3.79. The van der Waals surface area contributed by atoms with Crippen LogP contribution in [0.2, 0.25) is 0 Å². The summed E-state index contributed by atoms with van der Waals surface area (Å²) < 4.78 is 38.5. The van der Waals surface area contributed by atoms with Crippen molar-refractivity contribution in [1.82, 2.24) is 14.5 Å². The zero-order valence-electron chi connectivity index (χ0n) is 12.8. The summed E-state index contributed by atoms with van der Waals surface area (Å²) >= 11 is 0. The van der Waals surface area contributed by atoms with Gasteiger partial charge in [0.05, 0.1) is 29.7 Å². The van der Waals surface area contributed by atoms with Crippen LogP contribution in [0.5, 0.6) is 0 Å². The third-order valence-corrected chi connectivity index (χ3v) is 3.79. The number of aliphatic hydroxyl groups excluding tert-OH is 1. The topological polar surface area (TPSA) is 50.9 Å². The van der Waals surface area contributed by atoms with Gasteiger partial charge in [0.2, 0.25) is 0 Å². The largest absolute Gasteiger partial charge is 0.392 e. The second-order valence-electron chi connectivity index (χ2n) is 5.56. The quantitative estimate of drug-likeness (QED) is 0.768. The van der Waals surface area contributed by atoms with Crippen molar-refractivity contribution >= 4 is 10.9 Å². The Morgan fingerprint density at radius 1 is 1.08 bits per heavy atom. The second kappa shape index (κ2) is 6.60. The van der Waals surface area contributed by atoms with Gasteiger partial charge in [-0.05, 0) is 36.2 Å². The normalized spacial score (nSPS) is 12.0. The average molecular weight is 335 g/mol. The molecule has 0 amide bonds. The van der Waals surface area contributed by atoms with Crippen LogP contribution in [-0.4, -0.2) is 25.8 Å². The highest BCUT2D eigenvalue weighted by Gasteiger charge is 2.26. The molecule has 3 rings (SSSR count). The summed E-state index contributed by atoms with van der Waals surface area (Å²) in [4.78, 5) is 8.60. The maximum Gasteiger partial charge on any atom is 0.389 e. The van der Waals surface area contributed by atoms with E-state index in [2.05, 4.69) is 9.97 Å². The Morgan fingerprint density at radius 3 is 2.62 bits per heavy atom. The smallest absolute Gasteiger partial charge is 0.389 e. The first kappa shape index (κ1) is 16.4. The molecule has 0 spiro atoms. The van der Waals surface area contributed by atoms with Gasteiger partial charge in [-0.3, -0.25) is 9.97 Å². The van der Waals surface area contributed by atoms with E-state index in [1.165, 1.54) is 0 Å². The minimum absolute atomic E-state index is 0.0368. The molecule has 3 heterocycles. The summed E-state index contributed by atoms with van der Waals surface area (Å²) in [5.74, 6) is 0. The lowest BCUT2D eigenvalue weighted by Crippen LogP contribution is -2.08. The maximum atomic E-state index is 12.3. The van der Waals surface area contributed by atoms with Crippen molar-refractivity contribution in [2.45, 2.75) is 32.2 Å². The van der Waals surface area contributed by atoms with Crippen LogP contribution in [0.25, 0.3) is 22.3 Å². The van der Waals surface area contributed by atoms with E-state index in [1.54, 1.807) is 35.3 Å². The molecule has 0 aliphatic rings. The van der Waals surface area contributed by atoms with Crippen molar-refractivity contribution in [2.75, 3.05) is 0 Å². The highest BCUT2D eigenvalue weighted by molar-refractivity contribution is 5.82. The Bertz CT molecular complexity index is 842. The monoisotopic (exact) mass is 335 g/mol. The van der Waals surface area contributed by atoms with E-state index in [0.29, 0.717) is 17.9 Å². The standard InChI is InChI=1S/C17H16F3N3O/c18-17(19,20)4-1-6-23-7-3-13-9-15(22-10-16(13)23)14-8-12(11-24)2-5-21-14/h2-3,5,7-10,24H,1,4,6,11H2. The first-order valence-electron chi connectivity index (χ1n) is 7.54. The molecule has 0 radical (unpaired) electrons. The molecule has 0 aromatic carbocycles. The zero-order chi connectivity index (χ0) is 17.2. The number of aliphatic hydroxyl groups is 1. The molecule has 0 unspecified atom stereocenters. The number of pyridine rings is 2. The van der Waals surface area contributed by atoms with E-state index in [0.717, 1.165) is 16.5 Å². The van der Waals surface area contributed by atoms with E-state index >= 15 is 0 Å². The van der Waals surface area contributed by atoms with Crippen molar-refractivity contribution in [1.29, 1.82) is 0 Å². The molecule has 0 saturated carbocycles. The Kier molecular flexibility index (Phi) is 4.53. The molecular formula is C17H16F3N3O.